The number of aromatic nitrogens is 1. The van der Waals surface area contributed by atoms with Gasteiger partial charge in [0.25, 0.3) is 0 Å². The van der Waals surface area contributed by atoms with Crippen LogP contribution in [0.3, 0.4) is 0 Å². The summed E-state index contributed by atoms with van der Waals surface area (Å²) in [5.74, 6) is 1.37. The van der Waals surface area contributed by atoms with Gasteiger partial charge in [0.2, 0.25) is 0 Å². The van der Waals surface area contributed by atoms with E-state index in [0.29, 0.717) is 5.92 Å². The molecule has 1 atom stereocenters. The van der Waals surface area contributed by atoms with Crippen LogP contribution in [0.5, 0.6) is 0 Å². The molecule has 1 N–H and O–H groups in total. The summed E-state index contributed by atoms with van der Waals surface area (Å²) in [5, 5.41) is 4.94. The van der Waals surface area contributed by atoms with Crippen LogP contribution in [0.25, 0.3) is 0 Å². The maximum Gasteiger partial charge on any atom is 0.0959 e. The molecule has 0 amide bonds. The van der Waals surface area contributed by atoms with Crippen molar-refractivity contribution in [3.8, 4) is 0 Å². The van der Waals surface area contributed by atoms with Gasteiger partial charge in [0.05, 0.1) is 10.7 Å². The van der Waals surface area contributed by atoms with Crippen LogP contribution in [-0.2, 0) is 6.54 Å². The zero-order valence-corrected chi connectivity index (χ0v) is 13.2. The van der Waals surface area contributed by atoms with E-state index in [1.807, 2.05) is 11.3 Å². The quantitative estimate of drug-likeness (QED) is 0.853. The van der Waals surface area contributed by atoms with Crippen molar-refractivity contribution in [1.29, 1.82) is 0 Å². The highest BCUT2D eigenvalue weighted by molar-refractivity contribution is 7.11. The van der Waals surface area contributed by atoms with E-state index in [1.165, 1.54) is 34.8 Å². The van der Waals surface area contributed by atoms with E-state index in [4.69, 9.17) is 4.98 Å². The zero-order valence-electron chi connectivity index (χ0n) is 12.3. The van der Waals surface area contributed by atoms with E-state index >= 15 is 0 Å². The molecule has 1 aliphatic rings. The van der Waals surface area contributed by atoms with Crippen molar-refractivity contribution in [1.82, 2.24) is 10.3 Å². The summed E-state index contributed by atoms with van der Waals surface area (Å²) in [6.45, 7) is 12.2. The molecule has 0 spiro atoms. The van der Waals surface area contributed by atoms with Crippen LogP contribution in [0.1, 0.15) is 81.3 Å². The van der Waals surface area contributed by atoms with Gasteiger partial charge in [-0.2, -0.15) is 0 Å². The fourth-order valence-electron chi connectivity index (χ4n) is 1.92. The first-order valence-corrected chi connectivity index (χ1v) is 7.97. The van der Waals surface area contributed by atoms with Crippen LogP contribution in [-0.4, -0.2) is 10.5 Å². The topological polar surface area (TPSA) is 24.9 Å². The molecule has 2 rings (SSSR count). The van der Waals surface area contributed by atoms with Gasteiger partial charge in [-0.1, -0.05) is 13.8 Å². The molecule has 1 fully saturated rings. The lowest BCUT2D eigenvalue weighted by Gasteiger charge is -2.20. The Balaban J connectivity index is 2.14. The molecule has 102 valence electrons. The van der Waals surface area contributed by atoms with Crippen molar-refractivity contribution in [2.24, 2.45) is 0 Å². The molecule has 1 unspecified atom stereocenters. The maximum atomic E-state index is 4.92. The molecule has 0 saturated heterocycles. The minimum atomic E-state index is 0.182. The summed E-state index contributed by atoms with van der Waals surface area (Å²) in [7, 11) is 0. The van der Waals surface area contributed by atoms with Gasteiger partial charge < -0.3 is 5.32 Å². The van der Waals surface area contributed by atoms with Crippen molar-refractivity contribution >= 4 is 11.3 Å². The minimum Gasteiger partial charge on any atom is -0.307 e. The van der Waals surface area contributed by atoms with Crippen LogP contribution >= 0.6 is 11.3 Å². The summed E-state index contributed by atoms with van der Waals surface area (Å²) in [5.41, 5.74) is 1.58. The third-order valence-electron chi connectivity index (χ3n) is 3.52. The Kier molecular flexibility index (Phi) is 4.12. The van der Waals surface area contributed by atoms with Gasteiger partial charge in [-0.05, 0) is 40.0 Å². The normalized spacial score (nSPS) is 18.1. The number of hydrogen-bond acceptors (Lipinski definition) is 3. The van der Waals surface area contributed by atoms with Crippen molar-refractivity contribution in [2.75, 3.05) is 0 Å². The summed E-state index contributed by atoms with van der Waals surface area (Å²) in [4.78, 5) is 6.40. The lowest BCUT2D eigenvalue weighted by molar-refractivity contribution is 0.425. The molecule has 18 heavy (non-hydrogen) atoms. The number of nitrogens with one attached hydrogen (secondary N) is 1. The summed E-state index contributed by atoms with van der Waals surface area (Å²) in [6.07, 6.45) is 3.86. The average molecular weight is 266 g/mol. The summed E-state index contributed by atoms with van der Waals surface area (Å²) >= 11 is 1.93. The zero-order chi connectivity index (χ0) is 13.3. The first-order chi connectivity index (χ1) is 8.40. The number of nitrogens with zero attached hydrogens (tertiary/aromatic N) is 1. The second kappa shape index (κ2) is 5.30. The molecular weight excluding hydrogens is 240 g/mol. The van der Waals surface area contributed by atoms with Gasteiger partial charge in [0.15, 0.2) is 0 Å². The maximum absolute atomic E-state index is 4.92. The highest BCUT2D eigenvalue weighted by Gasteiger charge is 2.30. The van der Waals surface area contributed by atoms with E-state index in [2.05, 4.69) is 39.9 Å². The second-order valence-corrected chi connectivity index (χ2v) is 7.66. The van der Waals surface area contributed by atoms with Crippen LogP contribution in [0.2, 0.25) is 0 Å². The predicted octanol–water partition coefficient (Wildman–Crippen LogP) is 4.42. The first-order valence-electron chi connectivity index (χ1n) is 7.15. The van der Waals surface area contributed by atoms with Crippen LogP contribution < -0.4 is 5.32 Å². The van der Waals surface area contributed by atoms with E-state index < -0.39 is 0 Å². The Bertz CT molecular complexity index is 399. The predicted molar refractivity (Wildman–Crippen MR) is 79.4 cm³/mol. The van der Waals surface area contributed by atoms with Gasteiger partial charge in [-0.15, -0.1) is 11.3 Å². The van der Waals surface area contributed by atoms with Crippen LogP contribution in [0, 0.1) is 0 Å². The fraction of sp³-hybridized carbons (Fsp3) is 0.800. The molecule has 1 saturated carbocycles. The van der Waals surface area contributed by atoms with E-state index in [9.17, 15) is 0 Å². The third kappa shape index (κ3) is 3.55. The Morgan fingerprint density at radius 2 is 2.06 bits per heavy atom. The Morgan fingerprint density at radius 3 is 2.56 bits per heavy atom. The molecule has 1 heterocycles. The fourth-order valence-corrected chi connectivity index (χ4v) is 3.14. The number of rotatable bonds is 5. The van der Waals surface area contributed by atoms with Gasteiger partial charge in [0, 0.05) is 28.8 Å². The number of hydrogen-bond donors (Lipinski definition) is 1. The van der Waals surface area contributed by atoms with Crippen LogP contribution in [0.15, 0.2) is 0 Å². The molecule has 3 heteroatoms. The van der Waals surface area contributed by atoms with Gasteiger partial charge in [0.1, 0.15) is 0 Å². The Hall–Kier alpha value is -0.410. The molecule has 2 nitrogen and oxygen atoms in total. The Labute approximate surface area is 115 Å². The average Bonchev–Trinajstić information content (AvgIpc) is 3.05. The molecule has 1 aliphatic carbocycles. The van der Waals surface area contributed by atoms with Crippen molar-refractivity contribution < 1.29 is 0 Å². The van der Waals surface area contributed by atoms with E-state index in [0.717, 1.165) is 12.5 Å². The monoisotopic (exact) mass is 266 g/mol. The van der Waals surface area contributed by atoms with E-state index in [-0.39, 0.29) is 5.54 Å². The van der Waals surface area contributed by atoms with Crippen LogP contribution in [0.4, 0.5) is 0 Å². The van der Waals surface area contributed by atoms with Gasteiger partial charge >= 0.3 is 0 Å². The SMILES string of the molecule is CCC(C)c1nc(C2CC2)c(CNC(C)(C)C)s1. The molecular formula is C15H26N2S. The van der Waals surface area contributed by atoms with Gasteiger partial charge in [-0.25, -0.2) is 4.98 Å². The molecule has 0 aromatic carbocycles. The summed E-state index contributed by atoms with van der Waals surface area (Å²) < 4.78 is 0. The molecule has 1 aromatic heterocycles. The summed E-state index contributed by atoms with van der Waals surface area (Å²) in [6, 6.07) is 0. The lowest BCUT2D eigenvalue weighted by atomic mass is 10.1. The lowest BCUT2D eigenvalue weighted by Crippen LogP contribution is -2.35. The smallest absolute Gasteiger partial charge is 0.0959 e. The largest absolute Gasteiger partial charge is 0.307 e. The van der Waals surface area contributed by atoms with E-state index in [1.54, 1.807) is 0 Å². The molecule has 0 radical (unpaired) electrons. The Morgan fingerprint density at radius 1 is 1.39 bits per heavy atom. The molecule has 1 aromatic rings. The molecule has 0 aliphatic heterocycles. The second-order valence-electron chi connectivity index (χ2n) is 6.55. The van der Waals surface area contributed by atoms with Crippen molar-refractivity contribution in [3.63, 3.8) is 0 Å². The van der Waals surface area contributed by atoms with Gasteiger partial charge in [-0.3, -0.25) is 0 Å². The first kappa shape index (κ1) is 14.0. The third-order valence-corrected chi connectivity index (χ3v) is 4.82. The highest BCUT2D eigenvalue weighted by Crippen LogP contribution is 2.43. The number of thiazole rings is 1. The van der Waals surface area contributed by atoms with Crippen molar-refractivity contribution in [2.45, 2.75) is 77.8 Å². The molecule has 0 bridgehead atoms. The minimum absolute atomic E-state index is 0.182. The highest BCUT2D eigenvalue weighted by atomic mass is 32.1. The van der Waals surface area contributed by atoms with Crippen molar-refractivity contribution in [3.05, 3.63) is 15.6 Å². The standard InChI is InChI=1S/C15H26N2S/c1-6-10(2)14-17-13(11-7-8-11)12(18-14)9-16-15(3,4)5/h10-11,16H,6-9H2,1-5H3.